The summed E-state index contributed by atoms with van der Waals surface area (Å²) < 4.78 is 46.6. The van der Waals surface area contributed by atoms with E-state index in [1.54, 1.807) is 0 Å². The van der Waals surface area contributed by atoms with Crippen LogP contribution in [-0.2, 0) is 15.7 Å². The van der Waals surface area contributed by atoms with Gasteiger partial charge in [-0.3, -0.25) is 4.90 Å². The Morgan fingerprint density at radius 2 is 2.00 bits per heavy atom. The van der Waals surface area contributed by atoms with Gasteiger partial charge in [-0.15, -0.1) is 5.10 Å². The number of carbonyl (C=O) groups excluding carboxylic acids is 2. The number of allylic oxidation sites excluding steroid dienone is 1. The summed E-state index contributed by atoms with van der Waals surface area (Å²) >= 11 is 0. The van der Waals surface area contributed by atoms with Crippen LogP contribution in [0, 0.1) is 11.3 Å². The molecule has 0 radical (unpaired) electrons. The van der Waals surface area contributed by atoms with Gasteiger partial charge in [0.05, 0.1) is 36.5 Å². The summed E-state index contributed by atoms with van der Waals surface area (Å²) in [6.07, 6.45) is -4.66. The number of alkyl halides is 3. The summed E-state index contributed by atoms with van der Waals surface area (Å²) in [5.74, 6) is -1.04. The second kappa shape index (κ2) is 10.9. The van der Waals surface area contributed by atoms with Gasteiger partial charge in [0.2, 0.25) is 5.95 Å². The van der Waals surface area contributed by atoms with Crippen molar-refractivity contribution in [2.75, 3.05) is 30.5 Å². The summed E-state index contributed by atoms with van der Waals surface area (Å²) in [6, 6.07) is 8.32. The van der Waals surface area contributed by atoms with Crippen LogP contribution >= 0.6 is 0 Å². The van der Waals surface area contributed by atoms with E-state index in [0.29, 0.717) is 0 Å². The van der Waals surface area contributed by atoms with Crippen LogP contribution in [0.4, 0.5) is 35.3 Å². The Morgan fingerprint density at radius 3 is 2.65 bits per heavy atom. The number of nitrogens with one attached hydrogen (secondary N) is 3. The Hall–Kier alpha value is -5.10. The van der Waals surface area contributed by atoms with E-state index in [9.17, 15) is 32.8 Å². The van der Waals surface area contributed by atoms with Gasteiger partial charge in [0, 0.05) is 29.2 Å². The van der Waals surface area contributed by atoms with E-state index in [1.165, 1.54) is 42.2 Å². The van der Waals surface area contributed by atoms with Crippen molar-refractivity contribution in [3.63, 3.8) is 0 Å². The number of halogens is 3. The molecule has 1 unspecified atom stereocenters. The molecule has 1 aromatic heterocycles. The van der Waals surface area contributed by atoms with E-state index in [2.05, 4.69) is 20.8 Å². The molecule has 4 rings (SSSR count). The quantitative estimate of drug-likeness (QED) is 0.336. The number of ether oxygens (including phenoxy) is 1. The second-order valence-electron chi connectivity index (χ2n) is 8.49. The smallest absolute Gasteiger partial charge is 0.416 e. The van der Waals surface area contributed by atoms with Crippen LogP contribution in [0.15, 0.2) is 58.5 Å². The number of aliphatic hydroxyl groups is 1. The summed E-state index contributed by atoms with van der Waals surface area (Å²) in [6.45, 7) is 1.04. The van der Waals surface area contributed by atoms with Crippen LogP contribution in [0.3, 0.4) is 0 Å². The first-order valence-corrected chi connectivity index (χ1v) is 11.6. The van der Waals surface area contributed by atoms with Gasteiger partial charge in [0.1, 0.15) is 6.04 Å². The summed E-state index contributed by atoms with van der Waals surface area (Å²) in [7, 11) is 1.10. The fourth-order valence-corrected chi connectivity index (χ4v) is 4.39. The molecule has 0 fully saturated rings. The lowest BCUT2D eigenvalue weighted by Crippen LogP contribution is -2.38. The molecule has 4 N–H and O–H groups in total. The highest BCUT2D eigenvalue weighted by Crippen LogP contribution is 2.44. The number of H-pyrrole nitrogens is 1. The van der Waals surface area contributed by atoms with Crippen molar-refractivity contribution in [2.24, 2.45) is 0 Å². The van der Waals surface area contributed by atoms with Gasteiger partial charge < -0.3 is 20.5 Å². The van der Waals surface area contributed by atoms with Crippen LogP contribution in [0.1, 0.15) is 29.7 Å². The minimum atomic E-state index is -4.66. The first kappa shape index (κ1) is 27.9. The Balaban J connectivity index is 1.98. The van der Waals surface area contributed by atoms with Gasteiger partial charge in [0.15, 0.2) is 0 Å². The number of rotatable bonds is 6. The third-order valence-corrected chi connectivity index (χ3v) is 6.10. The molecule has 1 aliphatic rings. The van der Waals surface area contributed by atoms with Crippen molar-refractivity contribution in [2.45, 2.75) is 19.1 Å². The van der Waals surface area contributed by atoms with Gasteiger partial charge in [-0.05, 0) is 37.3 Å². The number of fused-ring (bicyclic) bond motifs is 1. The zero-order valence-electron chi connectivity index (χ0n) is 21.0. The van der Waals surface area contributed by atoms with E-state index in [0.717, 1.165) is 23.8 Å². The highest BCUT2D eigenvalue weighted by Gasteiger charge is 2.41. The summed E-state index contributed by atoms with van der Waals surface area (Å²) in [5.41, 5.74) is -1.49. The molecule has 2 amide bonds. The van der Waals surface area contributed by atoms with Gasteiger partial charge in [-0.2, -0.15) is 18.4 Å². The van der Waals surface area contributed by atoms with E-state index in [-0.39, 0.29) is 52.9 Å². The van der Waals surface area contributed by atoms with E-state index in [1.807, 2.05) is 6.07 Å². The lowest BCUT2D eigenvalue weighted by molar-refractivity contribution is -0.138. The molecule has 0 saturated carbocycles. The summed E-state index contributed by atoms with van der Waals surface area (Å²) in [5, 5.41) is 29.7. The Labute approximate surface area is 224 Å². The minimum absolute atomic E-state index is 0.0333. The molecule has 0 bridgehead atoms. The van der Waals surface area contributed by atoms with Crippen molar-refractivity contribution >= 4 is 29.3 Å². The Morgan fingerprint density at radius 1 is 1.25 bits per heavy atom. The molecule has 15 heteroatoms. The molecule has 0 aliphatic carbocycles. The second-order valence-corrected chi connectivity index (χ2v) is 8.49. The molecular formula is C25H22F3N7O5. The van der Waals surface area contributed by atoms with Crippen LogP contribution in [0.2, 0.25) is 0 Å². The van der Waals surface area contributed by atoms with Crippen LogP contribution < -0.4 is 21.2 Å². The van der Waals surface area contributed by atoms with Crippen molar-refractivity contribution in [3.8, 4) is 6.07 Å². The first-order chi connectivity index (χ1) is 19.0. The maximum absolute atomic E-state index is 13.5. The largest absolute Gasteiger partial charge is 0.466 e. The molecule has 2 heterocycles. The molecule has 3 aromatic rings. The number of aromatic nitrogens is 3. The number of aliphatic hydroxyl groups excluding tert-OH is 1. The fourth-order valence-electron chi connectivity index (χ4n) is 4.39. The molecule has 12 nitrogen and oxygen atoms in total. The van der Waals surface area contributed by atoms with Crippen molar-refractivity contribution < 1.29 is 32.6 Å². The third kappa shape index (κ3) is 5.12. The normalized spacial score (nSPS) is 14.8. The number of hydrogen-bond donors (Lipinski definition) is 4. The Kier molecular flexibility index (Phi) is 7.64. The predicted octanol–water partition coefficient (Wildman–Crippen LogP) is 2.76. The SMILES string of the molecule is COC(=O)C1=C(C)N(c2cccc(C(F)(F)F)c2)c2n[nH]c(=O)n2C1c1ccc(C#N)cc1NC(=O)NCCO. The number of urea groups is 1. The minimum Gasteiger partial charge on any atom is -0.466 e. The topological polar surface area (TPSA) is 165 Å². The highest BCUT2D eigenvalue weighted by atomic mass is 19.4. The average molecular weight is 557 g/mol. The number of aromatic amines is 1. The van der Waals surface area contributed by atoms with Gasteiger partial charge in [0.25, 0.3) is 0 Å². The number of methoxy groups -OCH3 is 1. The summed E-state index contributed by atoms with van der Waals surface area (Å²) in [4.78, 5) is 39.9. The lowest BCUT2D eigenvalue weighted by atomic mass is 9.92. The number of carbonyl (C=O) groups is 2. The van der Waals surface area contributed by atoms with E-state index >= 15 is 0 Å². The number of hydrogen-bond acceptors (Lipinski definition) is 8. The molecule has 208 valence electrons. The number of benzene rings is 2. The molecule has 0 saturated heterocycles. The molecular weight excluding hydrogens is 535 g/mol. The standard InChI is InChI=1S/C25H22F3N7O5/c1-13-19(21(37)40-2)20(17-7-6-14(12-29)10-18(17)31-22(38)30-8-9-36)35-23(32-33-24(35)39)34(13)16-5-3-4-15(11-16)25(26,27)28/h3-7,10-11,20,36H,8-9H2,1-2H3,(H,33,39)(H2,30,31,38). The van der Waals surface area contributed by atoms with Crippen LogP contribution in [0.5, 0.6) is 0 Å². The fraction of sp³-hybridized carbons (Fsp3) is 0.240. The van der Waals surface area contributed by atoms with E-state index in [4.69, 9.17) is 9.84 Å². The monoisotopic (exact) mass is 557 g/mol. The highest BCUT2D eigenvalue weighted by molar-refractivity contribution is 5.95. The Bertz CT molecular complexity index is 1600. The van der Waals surface area contributed by atoms with Crippen molar-refractivity contribution in [3.05, 3.63) is 80.9 Å². The molecule has 2 aromatic carbocycles. The number of amides is 2. The maximum atomic E-state index is 13.5. The number of nitriles is 1. The lowest BCUT2D eigenvalue weighted by Gasteiger charge is -2.36. The van der Waals surface area contributed by atoms with Gasteiger partial charge in [-0.25, -0.2) is 24.0 Å². The third-order valence-electron chi connectivity index (χ3n) is 6.10. The first-order valence-electron chi connectivity index (χ1n) is 11.6. The predicted molar refractivity (Wildman–Crippen MR) is 135 cm³/mol. The van der Waals surface area contributed by atoms with Gasteiger partial charge in [-0.1, -0.05) is 12.1 Å². The zero-order chi connectivity index (χ0) is 29.2. The molecule has 1 aliphatic heterocycles. The van der Waals surface area contributed by atoms with Crippen LogP contribution in [0.25, 0.3) is 0 Å². The maximum Gasteiger partial charge on any atom is 0.416 e. The zero-order valence-corrected chi connectivity index (χ0v) is 21.0. The number of anilines is 3. The number of nitrogens with zero attached hydrogens (tertiary/aromatic N) is 4. The molecule has 1 atom stereocenters. The van der Waals surface area contributed by atoms with Gasteiger partial charge >= 0.3 is 23.9 Å². The number of esters is 1. The van der Waals surface area contributed by atoms with Crippen LogP contribution in [-0.4, -0.2) is 52.1 Å². The van der Waals surface area contributed by atoms with Crippen molar-refractivity contribution in [1.29, 1.82) is 5.26 Å². The average Bonchev–Trinajstić information content (AvgIpc) is 3.31. The van der Waals surface area contributed by atoms with Crippen molar-refractivity contribution in [1.82, 2.24) is 20.1 Å². The molecule has 40 heavy (non-hydrogen) atoms. The molecule has 0 spiro atoms. The van der Waals surface area contributed by atoms with E-state index < -0.39 is 35.5 Å².